The second kappa shape index (κ2) is 3.69. The molecule has 0 aromatic heterocycles. The van der Waals surface area contributed by atoms with Gasteiger partial charge in [-0.1, -0.05) is 36.8 Å². The normalized spacial score (nSPS) is 16.0. The number of fused-ring (bicyclic) bond motifs is 3. The summed E-state index contributed by atoms with van der Waals surface area (Å²) in [7, 11) is 0. The molecule has 2 aromatic carbocycles. The summed E-state index contributed by atoms with van der Waals surface area (Å²) in [6, 6.07) is 14.3. The number of benzene rings is 2. The van der Waals surface area contributed by atoms with Gasteiger partial charge in [0.2, 0.25) is 0 Å². The molecule has 1 aliphatic carbocycles. The Morgan fingerprint density at radius 1 is 0.933 bits per heavy atom. The standard InChI is InChI=1S/C15H15/c1-2-6-12-10-11-13-7-4-5-9-15(13)14(12)8-3-1/h4-5,7,10-11H,1-3,6,8H2. The van der Waals surface area contributed by atoms with Gasteiger partial charge in [-0.2, -0.15) is 0 Å². The van der Waals surface area contributed by atoms with E-state index in [1.165, 1.54) is 42.9 Å². The van der Waals surface area contributed by atoms with Gasteiger partial charge in [-0.3, -0.25) is 0 Å². The maximum Gasteiger partial charge on any atom is -0.00703 e. The van der Waals surface area contributed by atoms with E-state index in [9.17, 15) is 0 Å². The molecule has 0 heteroatoms. The highest BCUT2D eigenvalue weighted by Gasteiger charge is 2.10. The van der Waals surface area contributed by atoms with Gasteiger partial charge in [-0.15, -0.1) is 0 Å². The highest BCUT2D eigenvalue weighted by molar-refractivity contribution is 5.86. The Kier molecular flexibility index (Phi) is 2.21. The molecule has 0 aliphatic heterocycles. The van der Waals surface area contributed by atoms with Crippen molar-refractivity contribution in [1.29, 1.82) is 0 Å². The van der Waals surface area contributed by atoms with Gasteiger partial charge >= 0.3 is 0 Å². The summed E-state index contributed by atoms with van der Waals surface area (Å²) in [6.07, 6.45) is 6.57. The topological polar surface area (TPSA) is 0 Å². The minimum absolute atomic E-state index is 1.24. The molecule has 0 amide bonds. The molecule has 2 aromatic rings. The molecular weight excluding hydrogens is 180 g/mol. The third kappa shape index (κ3) is 1.54. The average Bonchev–Trinajstić information content (AvgIpc) is 2.54. The molecule has 0 atom stereocenters. The number of rotatable bonds is 0. The monoisotopic (exact) mass is 195 g/mol. The van der Waals surface area contributed by atoms with Crippen LogP contribution in [-0.2, 0) is 12.8 Å². The van der Waals surface area contributed by atoms with Gasteiger partial charge in [0.15, 0.2) is 0 Å². The largest absolute Gasteiger partial charge is 0.0610 e. The molecule has 3 rings (SSSR count). The summed E-state index contributed by atoms with van der Waals surface area (Å²) < 4.78 is 0. The van der Waals surface area contributed by atoms with Gasteiger partial charge in [0.25, 0.3) is 0 Å². The van der Waals surface area contributed by atoms with Crippen LogP contribution < -0.4 is 0 Å². The Morgan fingerprint density at radius 2 is 1.87 bits per heavy atom. The lowest BCUT2D eigenvalue weighted by atomic mass is 9.96. The molecule has 1 radical (unpaired) electrons. The first kappa shape index (κ1) is 8.96. The molecule has 0 N–H and O–H groups in total. The van der Waals surface area contributed by atoms with Gasteiger partial charge in [0.1, 0.15) is 0 Å². The van der Waals surface area contributed by atoms with Crippen LogP contribution in [0.15, 0.2) is 30.3 Å². The summed E-state index contributed by atoms with van der Waals surface area (Å²) in [4.78, 5) is 0. The third-order valence-electron chi connectivity index (χ3n) is 3.41. The predicted molar refractivity (Wildman–Crippen MR) is 64.0 cm³/mol. The molecule has 0 heterocycles. The second-order valence-electron chi connectivity index (χ2n) is 4.40. The van der Waals surface area contributed by atoms with Gasteiger partial charge in [-0.25, -0.2) is 0 Å². The smallest absolute Gasteiger partial charge is 0.00703 e. The van der Waals surface area contributed by atoms with Crippen LogP contribution in [0.25, 0.3) is 10.8 Å². The minimum Gasteiger partial charge on any atom is -0.0610 e. The van der Waals surface area contributed by atoms with E-state index in [1.54, 1.807) is 11.1 Å². The molecule has 1 aliphatic rings. The van der Waals surface area contributed by atoms with Crippen molar-refractivity contribution < 1.29 is 0 Å². The van der Waals surface area contributed by atoms with Gasteiger partial charge in [-0.05, 0) is 53.6 Å². The molecule has 0 bridgehead atoms. The van der Waals surface area contributed by atoms with E-state index < -0.39 is 0 Å². The molecular formula is C15H15. The molecule has 0 spiro atoms. The molecule has 0 unspecified atom stereocenters. The fourth-order valence-corrected chi connectivity index (χ4v) is 2.62. The molecule has 75 valence electrons. The summed E-state index contributed by atoms with van der Waals surface area (Å²) in [5, 5.41) is 2.70. The molecule has 0 fully saturated rings. The van der Waals surface area contributed by atoms with Gasteiger partial charge < -0.3 is 0 Å². The summed E-state index contributed by atoms with van der Waals surface area (Å²) in [5.74, 6) is 0. The average molecular weight is 195 g/mol. The maximum atomic E-state index is 3.41. The van der Waals surface area contributed by atoms with Gasteiger partial charge in [0, 0.05) is 0 Å². The Morgan fingerprint density at radius 3 is 2.87 bits per heavy atom. The van der Waals surface area contributed by atoms with Crippen LogP contribution in [0.2, 0.25) is 0 Å². The Labute approximate surface area is 90.9 Å². The van der Waals surface area contributed by atoms with Crippen molar-refractivity contribution in [3.63, 3.8) is 0 Å². The number of hydrogen-bond acceptors (Lipinski definition) is 0. The van der Waals surface area contributed by atoms with Crippen LogP contribution in [-0.4, -0.2) is 0 Å². The van der Waals surface area contributed by atoms with Gasteiger partial charge in [0.05, 0.1) is 0 Å². The summed E-state index contributed by atoms with van der Waals surface area (Å²) >= 11 is 0. The highest BCUT2D eigenvalue weighted by atomic mass is 14.1. The van der Waals surface area contributed by atoms with E-state index in [-0.39, 0.29) is 0 Å². The summed E-state index contributed by atoms with van der Waals surface area (Å²) in [6.45, 7) is 0. The SMILES string of the molecule is [c]1cccc2ccc3c(c12)CCCCC3. The van der Waals surface area contributed by atoms with E-state index >= 15 is 0 Å². The first-order chi connectivity index (χ1) is 7.45. The van der Waals surface area contributed by atoms with Crippen LogP contribution >= 0.6 is 0 Å². The first-order valence-electron chi connectivity index (χ1n) is 5.86. The fourth-order valence-electron chi connectivity index (χ4n) is 2.62. The first-order valence-corrected chi connectivity index (χ1v) is 5.86. The quantitative estimate of drug-likeness (QED) is 0.559. The van der Waals surface area contributed by atoms with Crippen LogP contribution in [0.4, 0.5) is 0 Å². The second-order valence-corrected chi connectivity index (χ2v) is 4.40. The van der Waals surface area contributed by atoms with E-state index in [0.717, 1.165) is 0 Å². The minimum atomic E-state index is 1.24. The van der Waals surface area contributed by atoms with Crippen molar-refractivity contribution in [1.82, 2.24) is 0 Å². The zero-order chi connectivity index (χ0) is 10.1. The van der Waals surface area contributed by atoms with Crippen molar-refractivity contribution in [3.05, 3.63) is 47.5 Å². The maximum absolute atomic E-state index is 3.41. The third-order valence-corrected chi connectivity index (χ3v) is 3.41. The Balaban J connectivity index is 2.27. The molecule has 0 saturated heterocycles. The number of hydrogen-bond donors (Lipinski definition) is 0. The van der Waals surface area contributed by atoms with Crippen molar-refractivity contribution in [2.24, 2.45) is 0 Å². The van der Waals surface area contributed by atoms with Crippen molar-refractivity contribution in [3.8, 4) is 0 Å². The Hall–Kier alpha value is -1.30. The highest BCUT2D eigenvalue weighted by Crippen LogP contribution is 2.27. The molecule has 0 saturated carbocycles. The Bertz CT molecular complexity index is 482. The lowest BCUT2D eigenvalue weighted by Gasteiger charge is -2.09. The lowest BCUT2D eigenvalue weighted by molar-refractivity contribution is 0.712. The zero-order valence-electron chi connectivity index (χ0n) is 8.92. The van der Waals surface area contributed by atoms with Crippen LogP contribution in [0.3, 0.4) is 0 Å². The van der Waals surface area contributed by atoms with E-state index in [1.807, 2.05) is 6.07 Å². The zero-order valence-corrected chi connectivity index (χ0v) is 8.92. The lowest BCUT2D eigenvalue weighted by Crippen LogP contribution is -1.92. The van der Waals surface area contributed by atoms with Crippen molar-refractivity contribution in [2.75, 3.05) is 0 Å². The fraction of sp³-hybridized carbons (Fsp3) is 0.333. The molecule has 15 heavy (non-hydrogen) atoms. The van der Waals surface area contributed by atoms with Crippen LogP contribution in [0.1, 0.15) is 30.4 Å². The van der Waals surface area contributed by atoms with Crippen LogP contribution in [0, 0.1) is 6.07 Å². The summed E-state index contributed by atoms with van der Waals surface area (Å²) in [5.41, 5.74) is 3.12. The van der Waals surface area contributed by atoms with Crippen molar-refractivity contribution >= 4 is 10.8 Å². The van der Waals surface area contributed by atoms with E-state index in [4.69, 9.17) is 0 Å². The molecule has 0 nitrogen and oxygen atoms in total. The number of aryl methyl sites for hydroxylation is 2. The van der Waals surface area contributed by atoms with Crippen LogP contribution in [0.5, 0.6) is 0 Å². The van der Waals surface area contributed by atoms with E-state index in [0.29, 0.717) is 0 Å². The van der Waals surface area contributed by atoms with Crippen molar-refractivity contribution in [2.45, 2.75) is 32.1 Å². The van der Waals surface area contributed by atoms with E-state index in [2.05, 4.69) is 30.3 Å². The predicted octanol–water partition coefficient (Wildman–Crippen LogP) is 3.91.